The smallest absolute Gasteiger partial charge is 0.305 e. The first-order valence-electron chi connectivity index (χ1n) is 5.66. The lowest BCUT2D eigenvalue weighted by Crippen LogP contribution is -2.40. The Morgan fingerprint density at radius 2 is 2.28 bits per heavy atom. The summed E-state index contributed by atoms with van der Waals surface area (Å²) in [6.07, 6.45) is 1.77. The standard InChI is InChI=1S/C10H16N2O4S2/c1-7-8(17-9(13)12-7)18(14,15)11-6-10(2)4-3-5-16-10/h11H,3-6H2,1-2H3,(H,12,13). The molecule has 0 amide bonds. The van der Waals surface area contributed by atoms with Crippen molar-refractivity contribution in [3.8, 4) is 0 Å². The summed E-state index contributed by atoms with van der Waals surface area (Å²) in [6.45, 7) is 4.34. The van der Waals surface area contributed by atoms with Gasteiger partial charge in [0, 0.05) is 18.8 Å². The molecule has 1 aromatic rings. The van der Waals surface area contributed by atoms with E-state index < -0.39 is 15.6 Å². The molecule has 1 aromatic heterocycles. The number of hydrogen-bond donors (Lipinski definition) is 2. The maximum absolute atomic E-state index is 12.1. The zero-order valence-corrected chi connectivity index (χ0v) is 11.9. The van der Waals surface area contributed by atoms with E-state index in [-0.39, 0.29) is 15.6 Å². The van der Waals surface area contributed by atoms with E-state index in [4.69, 9.17) is 4.74 Å². The Bertz CT molecular complexity index is 581. The molecule has 2 N–H and O–H groups in total. The van der Waals surface area contributed by atoms with Crippen molar-refractivity contribution in [1.82, 2.24) is 9.71 Å². The molecule has 0 radical (unpaired) electrons. The van der Waals surface area contributed by atoms with Crippen molar-refractivity contribution in [3.05, 3.63) is 15.4 Å². The third kappa shape index (κ3) is 2.82. The number of aromatic nitrogens is 1. The molecule has 0 aliphatic carbocycles. The third-order valence-corrected chi connectivity index (χ3v) is 5.97. The van der Waals surface area contributed by atoms with Crippen molar-refractivity contribution in [2.24, 2.45) is 0 Å². The number of thiazole rings is 1. The average Bonchev–Trinajstić information content (AvgIpc) is 2.84. The molecular formula is C10H16N2O4S2. The summed E-state index contributed by atoms with van der Waals surface area (Å²) in [7, 11) is -3.64. The number of hydrogen-bond acceptors (Lipinski definition) is 5. The van der Waals surface area contributed by atoms with E-state index in [1.807, 2.05) is 6.92 Å². The van der Waals surface area contributed by atoms with Crippen LogP contribution in [0.4, 0.5) is 0 Å². The van der Waals surface area contributed by atoms with Gasteiger partial charge >= 0.3 is 4.87 Å². The van der Waals surface area contributed by atoms with E-state index in [1.165, 1.54) is 0 Å². The summed E-state index contributed by atoms with van der Waals surface area (Å²) in [6, 6.07) is 0. The van der Waals surface area contributed by atoms with Crippen LogP contribution in [0.15, 0.2) is 9.00 Å². The summed E-state index contributed by atoms with van der Waals surface area (Å²) in [5.74, 6) is 0. The van der Waals surface area contributed by atoms with Crippen molar-refractivity contribution in [2.75, 3.05) is 13.2 Å². The van der Waals surface area contributed by atoms with Gasteiger partial charge in [0.05, 0.1) is 5.60 Å². The van der Waals surface area contributed by atoms with Gasteiger partial charge in [-0.25, -0.2) is 13.1 Å². The van der Waals surface area contributed by atoms with Gasteiger partial charge in [-0.2, -0.15) is 0 Å². The van der Waals surface area contributed by atoms with Crippen molar-refractivity contribution < 1.29 is 13.2 Å². The second-order valence-electron chi connectivity index (χ2n) is 4.65. The van der Waals surface area contributed by atoms with Gasteiger partial charge in [0.15, 0.2) is 4.21 Å². The predicted octanol–water partition coefficient (Wildman–Crippen LogP) is 0.592. The molecule has 2 heterocycles. The zero-order valence-electron chi connectivity index (χ0n) is 10.3. The van der Waals surface area contributed by atoms with E-state index in [1.54, 1.807) is 6.92 Å². The normalized spacial score (nSPS) is 24.6. The van der Waals surface area contributed by atoms with Gasteiger partial charge in [-0.05, 0) is 26.7 Å². The average molecular weight is 292 g/mol. The Labute approximate surface area is 109 Å². The summed E-state index contributed by atoms with van der Waals surface area (Å²) in [5, 5.41) is 0. The highest BCUT2D eigenvalue weighted by Crippen LogP contribution is 2.25. The summed E-state index contributed by atoms with van der Waals surface area (Å²) in [5.41, 5.74) is -0.0719. The van der Waals surface area contributed by atoms with Gasteiger partial charge in [0.25, 0.3) is 10.0 Å². The number of aryl methyl sites for hydroxylation is 1. The topological polar surface area (TPSA) is 88.3 Å². The lowest BCUT2D eigenvalue weighted by molar-refractivity contribution is 0.0250. The van der Waals surface area contributed by atoms with E-state index >= 15 is 0 Å². The quantitative estimate of drug-likeness (QED) is 0.850. The van der Waals surface area contributed by atoms with Crippen LogP contribution in [0.1, 0.15) is 25.5 Å². The highest BCUT2D eigenvalue weighted by Gasteiger charge is 2.32. The number of ether oxygens (including phenoxy) is 1. The molecule has 0 saturated carbocycles. The number of nitrogens with one attached hydrogen (secondary N) is 2. The van der Waals surface area contributed by atoms with Crippen LogP contribution in [-0.4, -0.2) is 32.2 Å². The lowest BCUT2D eigenvalue weighted by Gasteiger charge is -2.23. The Balaban J connectivity index is 2.13. The van der Waals surface area contributed by atoms with Crippen LogP contribution >= 0.6 is 11.3 Å². The highest BCUT2D eigenvalue weighted by atomic mass is 32.2. The van der Waals surface area contributed by atoms with Crippen molar-refractivity contribution in [1.29, 1.82) is 0 Å². The fraction of sp³-hybridized carbons (Fsp3) is 0.700. The summed E-state index contributed by atoms with van der Waals surface area (Å²) in [4.78, 5) is 13.2. The molecule has 0 spiro atoms. The van der Waals surface area contributed by atoms with Crippen LogP contribution in [0.25, 0.3) is 0 Å². The minimum absolute atomic E-state index is 0.0501. The molecular weight excluding hydrogens is 276 g/mol. The van der Waals surface area contributed by atoms with Crippen LogP contribution < -0.4 is 9.60 Å². The molecule has 1 aliphatic heterocycles. The summed E-state index contributed by atoms with van der Waals surface area (Å²) < 4.78 is 32.2. The molecule has 1 aliphatic rings. The van der Waals surface area contributed by atoms with Crippen LogP contribution in [0.2, 0.25) is 0 Å². The molecule has 0 bridgehead atoms. The van der Waals surface area contributed by atoms with E-state index in [0.29, 0.717) is 23.6 Å². The maximum Gasteiger partial charge on any atom is 0.305 e. The van der Waals surface area contributed by atoms with E-state index in [9.17, 15) is 13.2 Å². The molecule has 1 atom stereocenters. The number of rotatable bonds is 4. The molecule has 18 heavy (non-hydrogen) atoms. The molecule has 2 rings (SSSR count). The first kappa shape index (κ1) is 13.7. The fourth-order valence-electron chi connectivity index (χ4n) is 1.94. The molecule has 1 saturated heterocycles. The summed E-state index contributed by atoms with van der Waals surface area (Å²) >= 11 is 0.700. The second-order valence-corrected chi connectivity index (χ2v) is 7.60. The van der Waals surface area contributed by atoms with E-state index in [2.05, 4.69) is 9.71 Å². The van der Waals surface area contributed by atoms with Crippen molar-refractivity contribution in [3.63, 3.8) is 0 Å². The lowest BCUT2D eigenvalue weighted by atomic mass is 10.0. The SMILES string of the molecule is Cc1[nH]c(=O)sc1S(=O)(=O)NCC1(C)CCCO1. The highest BCUT2D eigenvalue weighted by molar-refractivity contribution is 7.91. The first-order valence-corrected chi connectivity index (χ1v) is 7.96. The van der Waals surface area contributed by atoms with Gasteiger partial charge in [-0.3, -0.25) is 4.79 Å². The van der Waals surface area contributed by atoms with Crippen LogP contribution in [0.5, 0.6) is 0 Å². The monoisotopic (exact) mass is 292 g/mol. The Morgan fingerprint density at radius 1 is 1.56 bits per heavy atom. The molecule has 1 unspecified atom stereocenters. The first-order chi connectivity index (χ1) is 8.32. The Morgan fingerprint density at radius 3 is 2.78 bits per heavy atom. The molecule has 1 fully saturated rings. The van der Waals surface area contributed by atoms with Gasteiger partial charge in [-0.15, -0.1) is 0 Å². The number of H-pyrrole nitrogens is 1. The van der Waals surface area contributed by atoms with Crippen LogP contribution in [0, 0.1) is 6.92 Å². The Hall–Kier alpha value is -0.700. The second kappa shape index (κ2) is 4.76. The Kier molecular flexibility index (Phi) is 3.63. The van der Waals surface area contributed by atoms with Crippen molar-refractivity contribution >= 4 is 21.4 Å². The molecule has 8 heteroatoms. The van der Waals surface area contributed by atoms with Crippen molar-refractivity contribution in [2.45, 2.75) is 36.5 Å². The maximum atomic E-state index is 12.1. The fourth-order valence-corrected chi connectivity index (χ4v) is 4.44. The zero-order chi connectivity index (χ0) is 13.4. The van der Waals surface area contributed by atoms with Gasteiger partial charge in [0.2, 0.25) is 0 Å². The molecule has 102 valence electrons. The van der Waals surface area contributed by atoms with Gasteiger partial charge in [-0.1, -0.05) is 11.3 Å². The number of aromatic amines is 1. The number of sulfonamides is 1. The van der Waals surface area contributed by atoms with Gasteiger partial charge in [0.1, 0.15) is 0 Å². The largest absolute Gasteiger partial charge is 0.374 e. The third-order valence-electron chi connectivity index (χ3n) is 2.96. The van der Waals surface area contributed by atoms with Crippen LogP contribution in [0.3, 0.4) is 0 Å². The van der Waals surface area contributed by atoms with Gasteiger partial charge < -0.3 is 9.72 Å². The minimum Gasteiger partial charge on any atom is -0.374 e. The predicted molar refractivity (Wildman–Crippen MR) is 68.5 cm³/mol. The minimum atomic E-state index is -3.64. The molecule has 0 aromatic carbocycles. The van der Waals surface area contributed by atoms with Crippen LogP contribution in [-0.2, 0) is 14.8 Å². The van der Waals surface area contributed by atoms with E-state index in [0.717, 1.165) is 12.8 Å². The molecule has 6 nitrogen and oxygen atoms in total.